The minimum absolute atomic E-state index is 0. The summed E-state index contributed by atoms with van der Waals surface area (Å²) in [6.45, 7) is 2.00. The standard InChI is InChI=1S/C21H28F2N6O.HI/c1-24-21(27-15-17-5-3-4-6-18(17)30-20(22)23)26-14-16-7-8-25-19(13-16)29-11-9-28(2)10-12-29;/h3-8,13,20H,9-12,14-15H2,1-2H3,(H2,24,26,27);1H. The summed E-state index contributed by atoms with van der Waals surface area (Å²) in [6.07, 6.45) is 1.82. The van der Waals surface area contributed by atoms with Crippen molar-refractivity contribution in [2.45, 2.75) is 19.7 Å². The van der Waals surface area contributed by atoms with Gasteiger partial charge >= 0.3 is 6.61 Å². The molecule has 0 amide bonds. The molecule has 170 valence electrons. The number of rotatable bonds is 7. The number of para-hydroxylation sites is 1. The molecule has 3 rings (SSSR count). The Labute approximate surface area is 198 Å². The van der Waals surface area contributed by atoms with Gasteiger partial charge in [0.15, 0.2) is 5.96 Å². The highest BCUT2D eigenvalue weighted by atomic mass is 127. The Balaban J connectivity index is 0.00000341. The highest BCUT2D eigenvalue weighted by Crippen LogP contribution is 2.20. The van der Waals surface area contributed by atoms with Gasteiger partial charge in [-0.2, -0.15) is 8.78 Å². The van der Waals surface area contributed by atoms with Crippen LogP contribution in [0.2, 0.25) is 0 Å². The molecule has 1 aromatic carbocycles. The van der Waals surface area contributed by atoms with Crippen molar-refractivity contribution >= 4 is 35.8 Å². The van der Waals surface area contributed by atoms with E-state index in [0.29, 0.717) is 24.6 Å². The Morgan fingerprint density at radius 2 is 1.84 bits per heavy atom. The normalized spacial score (nSPS) is 14.9. The third-order valence-corrected chi connectivity index (χ3v) is 4.96. The number of halogens is 3. The van der Waals surface area contributed by atoms with E-state index in [1.165, 1.54) is 6.07 Å². The first kappa shape index (κ1) is 25.1. The second-order valence-corrected chi connectivity index (χ2v) is 7.08. The summed E-state index contributed by atoms with van der Waals surface area (Å²) in [6, 6.07) is 10.8. The number of ether oxygens (including phenoxy) is 1. The fourth-order valence-electron chi connectivity index (χ4n) is 3.23. The van der Waals surface area contributed by atoms with Crippen LogP contribution in [0.3, 0.4) is 0 Å². The smallest absolute Gasteiger partial charge is 0.387 e. The lowest BCUT2D eigenvalue weighted by Crippen LogP contribution is -2.44. The lowest BCUT2D eigenvalue weighted by Gasteiger charge is -2.33. The number of aliphatic imine (C=N–C) groups is 1. The fraction of sp³-hybridized carbons (Fsp3) is 0.429. The minimum atomic E-state index is -2.86. The number of benzene rings is 1. The fourth-order valence-corrected chi connectivity index (χ4v) is 3.23. The van der Waals surface area contributed by atoms with E-state index in [9.17, 15) is 8.78 Å². The number of aromatic nitrogens is 1. The molecular formula is C21H29F2IN6O. The highest BCUT2D eigenvalue weighted by molar-refractivity contribution is 14.0. The molecule has 2 heterocycles. The summed E-state index contributed by atoms with van der Waals surface area (Å²) < 4.78 is 29.7. The van der Waals surface area contributed by atoms with Crippen molar-refractivity contribution in [3.05, 3.63) is 53.7 Å². The predicted molar refractivity (Wildman–Crippen MR) is 129 cm³/mol. The van der Waals surface area contributed by atoms with E-state index >= 15 is 0 Å². The number of guanidine groups is 1. The maximum absolute atomic E-state index is 12.6. The van der Waals surface area contributed by atoms with E-state index in [1.807, 2.05) is 12.3 Å². The van der Waals surface area contributed by atoms with Crippen molar-refractivity contribution in [3.63, 3.8) is 0 Å². The average molecular weight is 546 g/mol. The van der Waals surface area contributed by atoms with Crippen LogP contribution in [0.4, 0.5) is 14.6 Å². The number of anilines is 1. The molecule has 10 heteroatoms. The summed E-state index contributed by atoms with van der Waals surface area (Å²) in [5.41, 5.74) is 1.71. The molecule has 0 unspecified atom stereocenters. The topological polar surface area (TPSA) is 65.0 Å². The van der Waals surface area contributed by atoms with Crippen LogP contribution in [0.5, 0.6) is 5.75 Å². The zero-order valence-corrected chi connectivity index (χ0v) is 20.1. The lowest BCUT2D eigenvalue weighted by atomic mass is 10.2. The van der Waals surface area contributed by atoms with Gasteiger partial charge in [-0.25, -0.2) is 4.98 Å². The second kappa shape index (κ2) is 12.6. The molecule has 0 spiro atoms. The zero-order chi connectivity index (χ0) is 21.3. The second-order valence-electron chi connectivity index (χ2n) is 7.08. The first-order chi connectivity index (χ1) is 14.5. The Hall–Kier alpha value is -2.21. The molecule has 1 fully saturated rings. The number of nitrogens with zero attached hydrogens (tertiary/aromatic N) is 4. The molecular weight excluding hydrogens is 517 g/mol. The van der Waals surface area contributed by atoms with E-state index in [2.05, 4.69) is 48.3 Å². The minimum Gasteiger partial charge on any atom is -0.434 e. The highest BCUT2D eigenvalue weighted by Gasteiger charge is 2.15. The van der Waals surface area contributed by atoms with Crippen LogP contribution in [-0.4, -0.2) is 62.7 Å². The number of alkyl halides is 2. The van der Waals surface area contributed by atoms with Gasteiger partial charge in [0.1, 0.15) is 11.6 Å². The van der Waals surface area contributed by atoms with Crippen LogP contribution in [-0.2, 0) is 13.1 Å². The van der Waals surface area contributed by atoms with Crippen molar-refractivity contribution in [1.29, 1.82) is 0 Å². The first-order valence-corrected chi connectivity index (χ1v) is 9.91. The first-order valence-electron chi connectivity index (χ1n) is 9.91. The van der Waals surface area contributed by atoms with Crippen molar-refractivity contribution in [2.75, 3.05) is 45.2 Å². The van der Waals surface area contributed by atoms with E-state index < -0.39 is 6.61 Å². The van der Waals surface area contributed by atoms with E-state index in [-0.39, 0.29) is 29.7 Å². The van der Waals surface area contributed by atoms with Crippen molar-refractivity contribution in [1.82, 2.24) is 20.5 Å². The predicted octanol–water partition coefficient (Wildman–Crippen LogP) is 2.92. The Morgan fingerprint density at radius 1 is 1.13 bits per heavy atom. The van der Waals surface area contributed by atoms with E-state index in [0.717, 1.165) is 37.6 Å². The maximum Gasteiger partial charge on any atom is 0.387 e. The van der Waals surface area contributed by atoms with Gasteiger partial charge in [-0.05, 0) is 30.8 Å². The molecule has 1 aliphatic rings. The molecule has 1 aliphatic heterocycles. The third-order valence-electron chi connectivity index (χ3n) is 4.96. The molecule has 0 bridgehead atoms. The number of hydrogen-bond acceptors (Lipinski definition) is 5. The van der Waals surface area contributed by atoms with Gasteiger partial charge in [0, 0.05) is 58.1 Å². The van der Waals surface area contributed by atoms with Crippen LogP contribution in [0, 0.1) is 0 Å². The van der Waals surface area contributed by atoms with Crippen molar-refractivity contribution in [2.24, 2.45) is 4.99 Å². The van der Waals surface area contributed by atoms with E-state index in [4.69, 9.17) is 0 Å². The quantitative estimate of drug-likeness (QED) is 0.317. The van der Waals surface area contributed by atoms with Crippen LogP contribution in [0.15, 0.2) is 47.6 Å². The van der Waals surface area contributed by atoms with Crippen LogP contribution in [0.25, 0.3) is 0 Å². The summed E-state index contributed by atoms with van der Waals surface area (Å²) >= 11 is 0. The number of likely N-dealkylation sites (N-methyl/N-ethyl adjacent to an activating group) is 1. The van der Waals surface area contributed by atoms with Gasteiger partial charge in [0.2, 0.25) is 0 Å². The summed E-state index contributed by atoms with van der Waals surface area (Å²) in [5.74, 6) is 1.70. The molecule has 0 aliphatic carbocycles. The number of nitrogens with one attached hydrogen (secondary N) is 2. The summed E-state index contributed by atoms with van der Waals surface area (Å²) in [5, 5.41) is 6.38. The van der Waals surface area contributed by atoms with Gasteiger partial charge in [-0.3, -0.25) is 4.99 Å². The number of hydrogen-bond donors (Lipinski definition) is 2. The number of pyridine rings is 1. The molecule has 1 saturated heterocycles. The molecule has 0 radical (unpaired) electrons. The van der Waals surface area contributed by atoms with Crippen LogP contribution >= 0.6 is 24.0 Å². The average Bonchev–Trinajstić information content (AvgIpc) is 2.75. The SMILES string of the molecule is CN=C(NCc1ccnc(N2CCN(C)CC2)c1)NCc1ccccc1OC(F)F.I. The van der Waals surface area contributed by atoms with Gasteiger partial charge in [-0.1, -0.05) is 18.2 Å². The molecule has 0 saturated carbocycles. The zero-order valence-electron chi connectivity index (χ0n) is 17.7. The van der Waals surface area contributed by atoms with Crippen molar-refractivity contribution < 1.29 is 13.5 Å². The van der Waals surface area contributed by atoms with Gasteiger partial charge in [-0.15, -0.1) is 24.0 Å². The maximum atomic E-state index is 12.6. The molecule has 2 aromatic rings. The van der Waals surface area contributed by atoms with Crippen LogP contribution in [0.1, 0.15) is 11.1 Å². The number of piperazine rings is 1. The van der Waals surface area contributed by atoms with Crippen LogP contribution < -0.4 is 20.3 Å². The Kier molecular flexibility index (Phi) is 10.2. The molecule has 2 N–H and O–H groups in total. The Bertz CT molecular complexity index is 846. The Morgan fingerprint density at radius 3 is 2.55 bits per heavy atom. The largest absolute Gasteiger partial charge is 0.434 e. The lowest BCUT2D eigenvalue weighted by molar-refractivity contribution is -0.0504. The molecule has 1 aromatic heterocycles. The van der Waals surface area contributed by atoms with Gasteiger partial charge in [0.25, 0.3) is 0 Å². The molecule has 7 nitrogen and oxygen atoms in total. The van der Waals surface area contributed by atoms with E-state index in [1.54, 1.807) is 25.2 Å². The summed E-state index contributed by atoms with van der Waals surface area (Å²) in [7, 11) is 3.79. The summed E-state index contributed by atoms with van der Waals surface area (Å²) in [4.78, 5) is 13.3. The molecule has 0 atom stereocenters. The monoisotopic (exact) mass is 546 g/mol. The third kappa shape index (κ3) is 7.76. The van der Waals surface area contributed by atoms with Gasteiger partial charge < -0.3 is 25.2 Å². The molecule has 31 heavy (non-hydrogen) atoms. The van der Waals surface area contributed by atoms with Gasteiger partial charge in [0.05, 0.1) is 0 Å². The van der Waals surface area contributed by atoms with Crippen molar-refractivity contribution in [3.8, 4) is 5.75 Å².